The number of hydrogen-bond donors (Lipinski definition) is 1. The summed E-state index contributed by atoms with van der Waals surface area (Å²) in [5.41, 5.74) is -3.05. The summed E-state index contributed by atoms with van der Waals surface area (Å²) in [6, 6.07) is 0. The fraction of sp³-hybridized carbons (Fsp3) is 0.591. The van der Waals surface area contributed by atoms with Crippen LogP contribution in [0.2, 0.25) is 0 Å². The van der Waals surface area contributed by atoms with E-state index in [1.807, 2.05) is 13.8 Å². The standard InChI is InChI=1S/C22H28N4O10S/c1-12(2)8-33-18(30)22(10-32-11-22)36-25-16(17(29)35-26-14(27)6-7-15(26)28)13-9-37-19(23-13)24-20(31)34-21(3,4)5/h9,12H,6-8,10-11H2,1-5H3,(H,23,24,31)/b25-16-. The Balaban J connectivity index is 1.84. The lowest BCUT2D eigenvalue weighted by Gasteiger charge is -2.36. The van der Waals surface area contributed by atoms with Crippen molar-refractivity contribution < 1.29 is 47.9 Å². The highest BCUT2D eigenvalue weighted by molar-refractivity contribution is 7.14. The highest BCUT2D eigenvalue weighted by atomic mass is 32.1. The maximum atomic E-state index is 12.9. The quantitative estimate of drug-likeness (QED) is 0.209. The van der Waals surface area contributed by atoms with Crippen molar-refractivity contribution in [3.8, 4) is 0 Å². The van der Waals surface area contributed by atoms with Crippen LogP contribution in [-0.2, 0) is 43.1 Å². The summed E-state index contributed by atoms with van der Waals surface area (Å²) >= 11 is 0.933. The number of thiazole rings is 1. The molecule has 2 aliphatic rings. The lowest BCUT2D eigenvalue weighted by molar-refractivity contribution is -0.229. The molecular weight excluding hydrogens is 512 g/mol. The molecule has 2 aliphatic heterocycles. The number of esters is 1. The van der Waals surface area contributed by atoms with Crippen LogP contribution in [0, 0.1) is 5.92 Å². The van der Waals surface area contributed by atoms with Crippen LogP contribution in [0.4, 0.5) is 9.93 Å². The van der Waals surface area contributed by atoms with Crippen LogP contribution < -0.4 is 5.32 Å². The molecule has 0 unspecified atom stereocenters. The third kappa shape index (κ3) is 7.22. The van der Waals surface area contributed by atoms with Gasteiger partial charge in [-0.15, -0.1) is 16.4 Å². The lowest BCUT2D eigenvalue weighted by atomic mass is 10.0. The zero-order valence-corrected chi connectivity index (χ0v) is 21.8. The molecule has 0 atom stereocenters. The van der Waals surface area contributed by atoms with Gasteiger partial charge in [-0.1, -0.05) is 19.0 Å². The van der Waals surface area contributed by atoms with Gasteiger partial charge in [-0.05, 0) is 26.7 Å². The first-order valence-electron chi connectivity index (χ1n) is 11.3. The second kappa shape index (κ2) is 11.2. The minimum absolute atomic E-state index is 0.0520. The van der Waals surface area contributed by atoms with E-state index in [9.17, 15) is 24.0 Å². The van der Waals surface area contributed by atoms with Gasteiger partial charge in [0, 0.05) is 18.2 Å². The van der Waals surface area contributed by atoms with Gasteiger partial charge in [0.2, 0.25) is 5.71 Å². The molecule has 202 valence electrons. The van der Waals surface area contributed by atoms with Gasteiger partial charge in [0.1, 0.15) is 24.5 Å². The van der Waals surface area contributed by atoms with Crippen molar-refractivity contribution in [1.29, 1.82) is 0 Å². The van der Waals surface area contributed by atoms with Gasteiger partial charge in [-0.3, -0.25) is 14.9 Å². The van der Waals surface area contributed by atoms with Crippen LogP contribution in [0.1, 0.15) is 53.2 Å². The smallest absolute Gasteiger partial charge is 0.413 e. The molecule has 37 heavy (non-hydrogen) atoms. The second-order valence-electron chi connectivity index (χ2n) is 9.64. The normalized spacial score (nSPS) is 17.4. The second-order valence-corrected chi connectivity index (χ2v) is 10.5. The molecule has 1 N–H and O–H groups in total. The van der Waals surface area contributed by atoms with Gasteiger partial charge in [-0.2, -0.15) is 0 Å². The van der Waals surface area contributed by atoms with Crippen molar-refractivity contribution in [1.82, 2.24) is 10.0 Å². The first-order valence-corrected chi connectivity index (χ1v) is 12.2. The number of oxime groups is 1. The number of anilines is 1. The maximum Gasteiger partial charge on any atom is 0.413 e. The Kier molecular flexibility index (Phi) is 8.48. The van der Waals surface area contributed by atoms with E-state index in [-0.39, 0.29) is 49.4 Å². The fourth-order valence-electron chi connectivity index (χ4n) is 2.81. The zero-order valence-electron chi connectivity index (χ0n) is 21.0. The molecule has 3 rings (SSSR count). The summed E-state index contributed by atoms with van der Waals surface area (Å²) in [4.78, 5) is 75.9. The number of imide groups is 1. The number of carbonyl (C=O) groups is 5. The van der Waals surface area contributed by atoms with Crippen molar-refractivity contribution in [2.75, 3.05) is 25.1 Å². The molecule has 3 heterocycles. The number of carbonyl (C=O) groups excluding carboxylic acids is 5. The van der Waals surface area contributed by atoms with Gasteiger partial charge < -0.3 is 23.9 Å². The Morgan fingerprint density at radius 3 is 2.41 bits per heavy atom. The highest BCUT2D eigenvalue weighted by Gasteiger charge is 2.52. The summed E-state index contributed by atoms with van der Waals surface area (Å²) in [6.45, 7) is 8.55. The average Bonchev–Trinajstić information content (AvgIpc) is 3.33. The number of hydroxylamine groups is 2. The highest BCUT2D eigenvalue weighted by Crippen LogP contribution is 2.26. The Bertz CT molecular complexity index is 1090. The Labute approximate surface area is 216 Å². The summed E-state index contributed by atoms with van der Waals surface area (Å²) < 4.78 is 15.5. The van der Waals surface area contributed by atoms with E-state index in [1.54, 1.807) is 20.8 Å². The third-order valence-electron chi connectivity index (χ3n) is 4.63. The summed E-state index contributed by atoms with van der Waals surface area (Å²) in [7, 11) is 0. The molecule has 0 aliphatic carbocycles. The predicted molar refractivity (Wildman–Crippen MR) is 126 cm³/mol. The largest absolute Gasteiger partial charge is 0.462 e. The number of aromatic nitrogens is 1. The average molecular weight is 541 g/mol. The van der Waals surface area contributed by atoms with E-state index in [2.05, 4.69) is 15.5 Å². The van der Waals surface area contributed by atoms with Gasteiger partial charge >= 0.3 is 18.0 Å². The van der Waals surface area contributed by atoms with Crippen molar-refractivity contribution >= 4 is 52.0 Å². The Morgan fingerprint density at radius 1 is 1.22 bits per heavy atom. The molecule has 14 nitrogen and oxygen atoms in total. The van der Waals surface area contributed by atoms with Crippen LogP contribution in [0.5, 0.6) is 0 Å². The monoisotopic (exact) mass is 540 g/mol. The number of rotatable bonds is 9. The van der Waals surface area contributed by atoms with Gasteiger partial charge in [0.25, 0.3) is 17.4 Å². The SMILES string of the molecule is CC(C)COC(=O)C1(O/N=C(\C(=O)ON2C(=O)CCC2=O)c2csc(NC(=O)OC(C)(C)C)n2)COC1. The molecule has 0 spiro atoms. The molecule has 2 fully saturated rings. The van der Waals surface area contributed by atoms with Gasteiger partial charge in [0.05, 0.1) is 6.61 Å². The van der Waals surface area contributed by atoms with Crippen LogP contribution in [-0.4, -0.2) is 76.6 Å². The summed E-state index contributed by atoms with van der Waals surface area (Å²) in [5, 5.41) is 7.96. The Morgan fingerprint density at radius 2 is 1.86 bits per heavy atom. The molecule has 1 aromatic rings. The molecule has 2 saturated heterocycles. The molecule has 3 amide bonds. The number of amides is 3. The minimum atomic E-state index is -1.60. The van der Waals surface area contributed by atoms with E-state index >= 15 is 0 Å². The first kappa shape index (κ1) is 28.0. The maximum absolute atomic E-state index is 12.9. The third-order valence-corrected chi connectivity index (χ3v) is 5.39. The van der Waals surface area contributed by atoms with Gasteiger partial charge in [0.15, 0.2) is 5.13 Å². The summed E-state index contributed by atoms with van der Waals surface area (Å²) in [5.74, 6) is -3.32. The number of nitrogens with one attached hydrogen (secondary N) is 1. The van der Waals surface area contributed by atoms with Crippen molar-refractivity contribution in [2.45, 2.75) is 58.7 Å². The predicted octanol–water partition coefficient (Wildman–Crippen LogP) is 1.79. The topological polar surface area (TPSA) is 172 Å². The van der Waals surface area contributed by atoms with Crippen LogP contribution >= 0.6 is 11.3 Å². The van der Waals surface area contributed by atoms with Crippen molar-refractivity contribution in [2.24, 2.45) is 11.1 Å². The van der Waals surface area contributed by atoms with E-state index in [0.717, 1.165) is 11.3 Å². The van der Waals surface area contributed by atoms with E-state index < -0.39 is 46.8 Å². The summed E-state index contributed by atoms with van der Waals surface area (Å²) in [6.07, 6.45) is -1.01. The molecule has 0 radical (unpaired) electrons. The molecule has 1 aromatic heterocycles. The molecule has 15 heteroatoms. The zero-order chi connectivity index (χ0) is 27.4. The van der Waals surface area contributed by atoms with Crippen LogP contribution in [0.25, 0.3) is 0 Å². The van der Waals surface area contributed by atoms with Crippen LogP contribution in [0.3, 0.4) is 0 Å². The molecule has 0 aromatic carbocycles. The van der Waals surface area contributed by atoms with Gasteiger partial charge in [-0.25, -0.2) is 19.4 Å². The van der Waals surface area contributed by atoms with E-state index in [1.165, 1.54) is 5.38 Å². The minimum Gasteiger partial charge on any atom is -0.462 e. The van der Waals surface area contributed by atoms with E-state index in [0.29, 0.717) is 5.06 Å². The molecule has 0 bridgehead atoms. The van der Waals surface area contributed by atoms with Crippen LogP contribution in [0.15, 0.2) is 10.5 Å². The van der Waals surface area contributed by atoms with Crippen molar-refractivity contribution in [3.63, 3.8) is 0 Å². The Hall–Kier alpha value is -3.59. The molecular formula is C22H28N4O10S. The molecule has 0 saturated carbocycles. The van der Waals surface area contributed by atoms with Crippen molar-refractivity contribution in [3.05, 3.63) is 11.1 Å². The number of hydrogen-bond acceptors (Lipinski definition) is 13. The first-order chi connectivity index (χ1) is 17.3. The van der Waals surface area contributed by atoms with E-state index in [4.69, 9.17) is 23.9 Å². The number of nitrogens with zero attached hydrogens (tertiary/aromatic N) is 3. The lowest BCUT2D eigenvalue weighted by Crippen LogP contribution is -2.58. The number of ether oxygens (including phenoxy) is 3. The fourth-order valence-corrected chi connectivity index (χ4v) is 3.49.